The molecule has 6 aromatic rings. The van der Waals surface area contributed by atoms with Crippen LogP contribution in [0.3, 0.4) is 0 Å². The molecule has 0 aliphatic rings. The zero-order valence-electron chi connectivity index (χ0n) is 21.5. The first kappa shape index (κ1) is 36.0. The van der Waals surface area contributed by atoms with Crippen LogP contribution in [0.2, 0.25) is 0 Å². The molecular formula is C30H28Cl2N2O4Pd2. The van der Waals surface area contributed by atoms with Crippen molar-refractivity contribution >= 4 is 62.4 Å². The molecule has 6 nitrogen and oxygen atoms in total. The average Bonchev–Trinajstić information content (AvgIpc) is 2.99. The Morgan fingerprint density at radius 2 is 0.850 bits per heavy atom. The van der Waals surface area contributed by atoms with Crippen molar-refractivity contribution in [1.29, 1.82) is 0 Å². The van der Waals surface area contributed by atoms with Crippen LogP contribution < -0.4 is 0 Å². The molecule has 0 fully saturated rings. The predicted octanol–water partition coefficient (Wildman–Crippen LogP) is 6.38. The fourth-order valence-electron chi connectivity index (χ4n) is 3.47. The third kappa shape index (κ3) is 12.2. The van der Waals surface area contributed by atoms with Gasteiger partial charge in [-0.1, -0.05) is 36.4 Å². The second-order valence-electron chi connectivity index (χ2n) is 7.81. The third-order valence-corrected chi connectivity index (χ3v) is 4.81. The molecule has 0 amide bonds. The number of hydrogen-bond acceptors (Lipinski definition) is 6. The van der Waals surface area contributed by atoms with E-state index in [1.54, 1.807) is 0 Å². The van der Waals surface area contributed by atoms with Gasteiger partial charge in [0.05, 0.1) is 0 Å². The molecular weight excluding hydrogens is 736 g/mol. The van der Waals surface area contributed by atoms with E-state index in [1.807, 2.05) is 48.8 Å². The van der Waals surface area contributed by atoms with E-state index in [4.69, 9.17) is 20.4 Å². The normalized spacial score (nSPS) is 9.75. The molecule has 4 aromatic carbocycles. The molecule has 0 spiro atoms. The number of pyridine rings is 2. The van der Waals surface area contributed by atoms with Gasteiger partial charge >= 0.3 is 55.4 Å². The van der Waals surface area contributed by atoms with Crippen LogP contribution in [0.1, 0.15) is 13.8 Å². The van der Waals surface area contributed by atoms with Crippen LogP contribution in [0.5, 0.6) is 0 Å². The zero-order chi connectivity index (χ0) is 29.9. The minimum absolute atomic E-state index is 1.03. The Kier molecular flexibility index (Phi) is 18.7. The first-order chi connectivity index (χ1) is 19.4. The van der Waals surface area contributed by atoms with Gasteiger partial charge in [0.1, 0.15) is 12.6 Å². The molecule has 0 bridgehead atoms. The summed E-state index contributed by atoms with van der Waals surface area (Å²) in [6, 6.07) is 34.9. The van der Waals surface area contributed by atoms with Crippen LogP contribution in [-0.2, 0) is 36.4 Å². The van der Waals surface area contributed by atoms with E-state index in [0.29, 0.717) is 0 Å². The van der Waals surface area contributed by atoms with Gasteiger partial charge in [-0.25, -0.2) is 0 Å². The summed E-state index contributed by atoms with van der Waals surface area (Å²) < 4.78 is 0. The SMILES string of the molecule is CC(O)O.CC(O)O.[Cl][Pd+].[Cl][Pd+].[c-]1cccc2ccc3cccnc3c12.[c-]1cccc2ccc3cccnc3c12. The summed E-state index contributed by atoms with van der Waals surface area (Å²) >= 11 is 4.44. The quantitative estimate of drug-likeness (QED) is 0.0620. The maximum Gasteiger partial charge on any atom is 0.0161 e. The van der Waals surface area contributed by atoms with Crippen molar-refractivity contribution in [3.8, 4) is 0 Å². The molecule has 0 radical (unpaired) electrons. The number of aliphatic hydroxyl groups excluding tert-OH is 2. The van der Waals surface area contributed by atoms with Gasteiger partial charge in [-0.2, -0.15) is 0 Å². The van der Waals surface area contributed by atoms with Gasteiger partial charge in [0.15, 0.2) is 0 Å². The number of fused-ring (bicyclic) bond motifs is 6. The Morgan fingerprint density at radius 3 is 1.20 bits per heavy atom. The van der Waals surface area contributed by atoms with E-state index in [-0.39, 0.29) is 0 Å². The minimum atomic E-state index is -1.17. The Hall–Kier alpha value is -2.04. The summed E-state index contributed by atoms with van der Waals surface area (Å²) in [5.41, 5.74) is 2.07. The smallest absolute Gasteiger partial charge is 0.0161 e. The monoisotopic (exact) mass is 762 g/mol. The van der Waals surface area contributed by atoms with Gasteiger partial charge in [0.2, 0.25) is 0 Å². The van der Waals surface area contributed by atoms with Crippen molar-refractivity contribution in [3.05, 3.63) is 109 Å². The van der Waals surface area contributed by atoms with Gasteiger partial charge in [-0.15, -0.1) is 70.1 Å². The number of rotatable bonds is 0. The van der Waals surface area contributed by atoms with Crippen molar-refractivity contribution in [2.45, 2.75) is 26.4 Å². The van der Waals surface area contributed by atoms with Gasteiger partial charge in [0, 0.05) is 12.4 Å². The Labute approximate surface area is 263 Å². The summed E-state index contributed by atoms with van der Waals surface area (Å²) in [5, 5.41) is 37.4. The third-order valence-electron chi connectivity index (χ3n) is 4.81. The molecule has 0 atom stereocenters. The molecule has 0 saturated carbocycles. The van der Waals surface area contributed by atoms with Crippen LogP contribution in [0.15, 0.2) is 97.3 Å². The second-order valence-corrected chi connectivity index (χ2v) is 7.81. The van der Waals surface area contributed by atoms with Crippen molar-refractivity contribution in [2.24, 2.45) is 0 Å². The first-order valence-electron chi connectivity index (χ1n) is 11.6. The molecule has 10 heteroatoms. The summed E-state index contributed by atoms with van der Waals surface area (Å²) in [6.07, 6.45) is 1.31. The van der Waals surface area contributed by atoms with Crippen molar-refractivity contribution in [3.63, 3.8) is 0 Å². The van der Waals surface area contributed by atoms with Gasteiger partial charge in [-0.3, -0.25) is 0 Å². The standard InChI is InChI=1S/2C13H8N.2C2H6O2.2ClH.2Pd/c2*1-2-6-12-10(4-1)7-8-11-5-3-9-14-13(11)12;2*1-2(3)4;;;;/h2*1-5,7-9H;2*2-4H,1H3;2*1H;;/q2*-1;;;;;2*+2/p-2. The van der Waals surface area contributed by atoms with Gasteiger partial charge in [0.25, 0.3) is 0 Å². The second kappa shape index (κ2) is 20.8. The van der Waals surface area contributed by atoms with E-state index in [1.165, 1.54) is 35.4 Å². The number of hydrogen-bond donors (Lipinski definition) is 4. The van der Waals surface area contributed by atoms with Gasteiger partial charge < -0.3 is 30.4 Å². The molecule has 0 unspecified atom stereocenters. The average molecular weight is 764 g/mol. The van der Waals surface area contributed by atoms with E-state index < -0.39 is 12.6 Å². The van der Waals surface area contributed by atoms with E-state index >= 15 is 0 Å². The summed E-state index contributed by atoms with van der Waals surface area (Å²) in [4.78, 5) is 8.76. The van der Waals surface area contributed by atoms with Crippen LogP contribution in [0.25, 0.3) is 43.4 Å². The topological polar surface area (TPSA) is 107 Å². The summed E-state index contributed by atoms with van der Waals surface area (Å²) in [6.45, 7) is 2.56. The number of aromatic nitrogens is 2. The molecule has 6 rings (SSSR count). The molecule has 2 aromatic heterocycles. The van der Waals surface area contributed by atoms with Gasteiger partial charge in [-0.05, 0) is 47.8 Å². The number of nitrogens with zero attached hydrogens (tertiary/aromatic N) is 2. The molecule has 2 heterocycles. The van der Waals surface area contributed by atoms with E-state index in [2.05, 4.69) is 126 Å². The minimum Gasteiger partial charge on any atom is -0.304 e. The van der Waals surface area contributed by atoms with Crippen LogP contribution >= 0.6 is 19.1 Å². The Balaban J connectivity index is 0.000000290. The fourth-order valence-corrected chi connectivity index (χ4v) is 3.47. The predicted molar refractivity (Wildman–Crippen MR) is 156 cm³/mol. The summed E-state index contributed by atoms with van der Waals surface area (Å²) in [7, 11) is 8.98. The van der Waals surface area contributed by atoms with Crippen LogP contribution in [0.4, 0.5) is 0 Å². The van der Waals surface area contributed by atoms with Crippen LogP contribution in [-0.4, -0.2) is 43.0 Å². The molecule has 40 heavy (non-hydrogen) atoms. The van der Waals surface area contributed by atoms with Crippen molar-refractivity contribution in [2.75, 3.05) is 0 Å². The van der Waals surface area contributed by atoms with Crippen LogP contribution in [0, 0.1) is 12.1 Å². The number of aliphatic hydroxyl groups is 4. The van der Waals surface area contributed by atoms with Crippen molar-refractivity contribution in [1.82, 2.24) is 9.97 Å². The molecule has 0 aliphatic heterocycles. The van der Waals surface area contributed by atoms with E-state index in [9.17, 15) is 0 Å². The Morgan fingerprint density at radius 1 is 0.550 bits per heavy atom. The fraction of sp³-hybridized carbons (Fsp3) is 0.133. The zero-order valence-corrected chi connectivity index (χ0v) is 26.1. The number of halogens is 2. The largest absolute Gasteiger partial charge is 0.304 e. The maximum atomic E-state index is 7.61. The first-order valence-corrected chi connectivity index (χ1v) is 15.6. The molecule has 216 valence electrons. The molecule has 4 N–H and O–H groups in total. The maximum absolute atomic E-state index is 7.61. The van der Waals surface area contributed by atoms with E-state index in [0.717, 1.165) is 21.8 Å². The van der Waals surface area contributed by atoms with Crippen molar-refractivity contribution < 1.29 is 56.8 Å². The molecule has 0 aliphatic carbocycles. The molecule has 0 saturated heterocycles. The number of benzene rings is 4. The summed E-state index contributed by atoms with van der Waals surface area (Å²) in [5.74, 6) is 0. The Bertz CT molecular complexity index is 1320.